The van der Waals surface area contributed by atoms with Gasteiger partial charge in [-0.2, -0.15) is 0 Å². The molecule has 0 fully saturated rings. The molecule has 3 atom stereocenters. The van der Waals surface area contributed by atoms with Crippen LogP contribution >= 0.6 is 15.6 Å². The van der Waals surface area contributed by atoms with Gasteiger partial charge in [-0.1, -0.05) is 0 Å². The predicted octanol–water partition coefficient (Wildman–Crippen LogP) is -1.87. The molecule has 6 N–H and O–H groups in total. The number of phosphoric ester groups is 2. The number of aliphatic hydroxyl groups excluding tert-OH is 1. The van der Waals surface area contributed by atoms with E-state index in [-0.39, 0.29) is 0 Å². The molecule has 0 aromatic rings. The van der Waals surface area contributed by atoms with Crippen molar-refractivity contribution in [3.63, 3.8) is 0 Å². The molecular weight excluding hydrogens is 342 g/mol. The van der Waals surface area contributed by atoms with Crippen LogP contribution in [0.1, 0.15) is 0 Å². The second-order valence-corrected chi connectivity index (χ2v) is 5.90. The Morgan fingerprint density at radius 3 is 1.71 bits per heavy atom. The van der Waals surface area contributed by atoms with Gasteiger partial charge >= 0.3 is 27.6 Å². The van der Waals surface area contributed by atoms with Gasteiger partial charge in [0, 0.05) is 0 Å². The predicted molar refractivity (Wildman–Crippen MR) is 59.9 cm³/mol. The van der Waals surface area contributed by atoms with Crippen LogP contribution < -0.4 is 0 Å². The highest BCUT2D eigenvalue weighted by Gasteiger charge is 2.37. The lowest BCUT2D eigenvalue weighted by Crippen LogP contribution is -2.31. The van der Waals surface area contributed by atoms with Crippen LogP contribution in [0.3, 0.4) is 0 Å². The average Bonchev–Trinajstić information content (AvgIpc) is 2.29. The van der Waals surface area contributed by atoms with Crippen LogP contribution in [0.2, 0.25) is 0 Å². The Hall–Kier alpha value is -0.880. The van der Waals surface area contributed by atoms with Gasteiger partial charge in [0.2, 0.25) is 0 Å². The Bertz CT molecular complexity index is 467. The van der Waals surface area contributed by atoms with Gasteiger partial charge in [-0.3, -0.25) is 13.6 Å². The zero-order valence-corrected chi connectivity index (χ0v) is 11.8. The Balaban J connectivity index is 4.83. The summed E-state index contributed by atoms with van der Waals surface area (Å²) in [6, 6.07) is 0. The van der Waals surface area contributed by atoms with Crippen molar-refractivity contribution in [2.75, 3.05) is 13.2 Å². The van der Waals surface area contributed by atoms with Crippen LogP contribution in [0, 0.1) is 0 Å². The van der Waals surface area contributed by atoms with Crippen LogP contribution in [0.4, 0.5) is 0 Å². The summed E-state index contributed by atoms with van der Waals surface area (Å²) in [4.78, 5) is 47.0. The fourth-order valence-corrected chi connectivity index (χ4v) is 2.14. The SMILES string of the molecule is O=C(O)C(CO)OP(=O)(O)OC(COP(=O)(O)O)C(=O)O. The molecule has 0 radical (unpaired) electrons. The van der Waals surface area contributed by atoms with E-state index in [9.17, 15) is 18.7 Å². The summed E-state index contributed by atoms with van der Waals surface area (Å²) in [6.07, 6.45) is -4.50. The fourth-order valence-electron chi connectivity index (χ4n) is 0.815. The maximum atomic E-state index is 11.4. The van der Waals surface area contributed by atoms with E-state index >= 15 is 0 Å². The van der Waals surface area contributed by atoms with Gasteiger partial charge in [-0.05, 0) is 0 Å². The number of carboxylic acids is 2. The third kappa shape index (κ3) is 8.88. The number of aliphatic hydroxyl groups is 1. The molecule has 0 aromatic heterocycles. The monoisotopic (exact) mass is 354 g/mol. The van der Waals surface area contributed by atoms with Crippen LogP contribution in [0.25, 0.3) is 0 Å². The molecule has 0 spiro atoms. The van der Waals surface area contributed by atoms with E-state index < -0.39 is 53.0 Å². The van der Waals surface area contributed by atoms with Crippen molar-refractivity contribution in [2.24, 2.45) is 0 Å². The minimum atomic E-state index is -5.27. The summed E-state index contributed by atoms with van der Waals surface area (Å²) >= 11 is 0. The molecule has 0 bridgehead atoms. The van der Waals surface area contributed by atoms with E-state index in [4.69, 9.17) is 30.0 Å². The fraction of sp³-hybridized carbons (Fsp3) is 0.667. The summed E-state index contributed by atoms with van der Waals surface area (Å²) in [5.74, 6) is -3.76. The molecule has 13 nitrogen and oxygen atoms in total. The Morgan fingerprint density at radius 1 is 0.952 bits per heavy atom. The van der Waals surface area contributed by atoms with Crippen LogP contribution in [-0.2, 0) is 32.3 Å². The summed E-state index contributed by atoms with van der Waals surface area (Å²) < 4.78 is 33.5. The van der Waals surface area contributed by atoms with Crippen molar-refractivity contribution in [3.8, 4) is 0 Å². The van der Waals surface area contributed by atoms with Gasteiger partial charge in [0.25, 0.3) is 0 Å². The minimum Gasteiger partial charge on any atom is -0.479 e. The van der Waals surface area contributed by atoms with E-state index in [0.717, 1.165) is 0 Å². The number of hydrogen-bond acceptors (Lipinski definition) is 8. The van der Waals surface area contributed by atoms with Gasteiger partial charge in [0.1, 0.15) is 0 Å². The Morgan fingerprint density at radius 2 is 1.38 bits per heavy atom. The highest BCUT2D eigenvalue weighted by atomic mass is 31.2. The van der Waals surface area contributed by atoms with Gasteiger partial charge in [0.15, 0.2) is 12.2 Å². The average molecular weight is 354 g/mol. The van der Waals surface area contributed by atoms with Crippen molar-refractivity contribution < 1.29 is 62.3 Å². The lowest BCUT2D eigenvalue weighted by molar-refractivity contribution is -0.150. The van der Waals surface area contributed by atoms with Crippen LogP contribution in [-0.4, -0.2) is 67.4 Å². The molecule has 0 saturated heterocycles. The zero-order chi connectivity index (χ0) is 16.8. The molecular formula is C6H12O13P2. The quantitative estimate of drug-likeness (QED) is 0.237. The standard InChI is InChI=1S/C6H12O13P2/c7-1-3(5(8)9)18-21(15,16)19-4(6(10)11)2-17-20(12,13)14/h3-4,7H,1-2H2,(H,8,9)(H,10,11)(H,15,16)(H2,12,13,14). The minimum absolute atomic E-state index is 1.21. The molecule has 21 heavy (non-hydrogen) atoms. The molecule has 0 saturated carbocycles. The van der Waals surface area contributed by atoms with Crippen LogP contribution in [0.15, 0.2) is 0 Å². The van der Waals surface area contributed by atoms with E-state index in [2.05, 4.69) is 13.6 Å². The van der Waals surface area contributed by atoms with E-state index in [1.807, 2.05) is 0 Å². The third-order valence-electron chi connectivity index (χ3n) is 1.63. The summed E-state index contributed by atoms with van der Waals surface area (Å²) in [5.41, 5.74) is 0. The Labute approximate surface area is 116 Å². The highest BCUT2D eigenvalue weighted by molar-refractivity contribution is 7.47. The van der Waals surface area contributed by atoms with Crippen molar-refractivity contribution in [1.82, 2.24) is 0 Å². The number of hydrogen-bond donors (Lipinski definition) is 6. The third-order valence-corrected chi connectivity index (χ3v) is 3.16. The first-order chi connectivity index (χ1) is 9.38. The largest absolute Gasteiger partial charge is 0.479 e. The van der Waals surface area contributed by atoms with E-state index in [1.165, 1.54) is 0 Å². The van der Waals surface area contributed by atoms with Crippen molar-refractivity contribution in [3.05, 3.63) is 0 Å². The first kappa shape index (κ1) is 20.1. The molecule has 0 amide bonds. The zero-order valence-electron chi connectivity index (χ0n) is 10.0. The maximum absolute atomic E-state index is 11.4. The molecule has 124 valence electrons. The number of carboxylic acid groups (broad SMARTS) is 2. The van der Waals surface area contributed by atoms with Gasteiger partial charge < -0.3 is 30.0 Å². The lowest BCUT2D eigenvalue weighted by atomic mass is 10.4. The molecule has 3 unspecified atom stereocenters. The smallest absolute Gasteiger partial charge is 0.474 e. The van der Waals surface area contributed by atoms with Gasteiger partial charge in [0.05, 0.1) is 13.2 Å². The van der Waals surface area contributed by atoms with Crippen molar-refractivity contribution in [1.29, 1.82) is 0 Å². The molecule has 0 rings (SSSR count). The topological polar surface area (TPSA) is 217 Å². The maximum Gasteiger partial charge on any atom is 0.474 e. The van der Waals surface area contributed by atoms with Crippen molar-refractivity contribution >= 4 is 27.6 Å². The number of carbonyl (C=O) groups is 2. The lowest BCUT2D eigenvalue weighted by Gasteiger charge is -2.19. The first-order valence-corrected chi connectivity index (χ1v) is 7.86. The second-order valence-electron chi connectivity index (χ2n) is 3.30. The first-order valence-electron chi connectivity index (χ1n) is 4.84. The summed E-state index contributed by atoms with van der Waals surface area (Å²) in [5, 5.41) is 25.7. The molecule has 0 aromatic carbocycles. The molecule has 0 aliphatic carbocycles. The number of aliphatic carboxylic acids is 2. The summed E-state index contributed by atoms with van der Waals surface area (Å²) in [7, 11) is -10.3. The Kier molecular flexibility index (Phi) is 7.61. The number of rotatable bonds is 10. The normalized spacial score (nSPS) is 17.7. The van der Waals surface area contributed by atoms with Gasteiger partial charge in [-0.15, -0.1) is 0 Å². The molecule has 0 heterocycles. The molecule has 0 aliphatic rings. The van der Waals surface area contributed by atoms with Gasteiger partial charge in [-0.25, -0.2) is 18.7 Å². The molecule has 0 aliphatic heterocycles. The van der Waals surface area contributed by atoms with Crippen LogP contribution in [0.5, 0.6) is 0 Å². The van der Waals surface area contributed by atoms with E-state index in [0.29, 0.717) is 0 Å². The van der Waals surface area contributed by atoms with Crippen molar-refractivity contribution in [2.45, 2.75) is 12.2 Å². The summed E-state index contributed by atoms with van der Waals surface area (Å²) in [6.45, 7) is -2.52. The van der Waals surface area contributed by atoms with E-state index in [1.54, 1.807) is 0 Å². The second kappa shape index (κ2) is 7.94. The number of phosphoric acid groups is 2. The molecule has 15 heteroatoms. The highest BCUT2D eigenvalue weighted by Crippen LogP contribution is 2.46.